The van der Waals surface area contributed by atoms with Gasteiger partial charge in [-0.3, -0.25) is 0 Å². The Morgan fingerprint density at radius 2 is 2.23 bits per heavy atom. The van der Waals surface area contributed by atoms with Crippen molar-refractivity contribution in [2.24, 2.45) is 0 Å². The maximum Gasteiger partial charge on any atom is 0.339 e. The second-order valence-electron chi connectivity index (χ2n) is 6.20. The summed E-state index contributed by atoms with van der Waals surface area (Å²) in [6.07, 6.45) is 2.77. The van der Waals surface area contributed by atoms with Gasteiger partial charge in [0.15, 0.2) is 11.3 Å². The summed E-state index contributed by atoms with van der Waals surface area (Å²) in [6.45, 7) is 7.63. The largest absolute Gasteiger partial charge is 0.478 e. The molecule has 0 unspecified atom stereocenters. The van der Waals surface area contributed by atoms with E-state index in [1.165, 1.54) is 12.4 Å². The van der Waals surface area contributed by atoms with Crippen molar-refractivity contribution in [2.75, 3.05) is 6.61 Å². The Balaban J connectivity index is 2.23. The van der Waals surface area contributed by atoms with E-state index in [0.29, 0.717) is 12.3 Å². The molecule has 0 fully saturated rings. The lowest BCUT2D eigenvalue weighted by molar-refractivity contribution is 0.0696. The second kappa shape index (κ2) is 6.25. The number of rotatable bonds is 6. The van der Waals surface area contributed by atoms with E-state index in [-0.39, 0.29) is 23.5 Å². The van der Waals surface area contributed by atoms with Gasteiger partial charge in [0.25, 0.3) is 0 Å². The molecule has 0 amide bonds. The van der Waals surface area contributed by atoms with Crippen molar-refractivity contribution >= 4 is 25.2 Å². The molecule has 2 heterocycles. The van der Waals surface area contributed by atoms with Crippen LogP contribution in [0.25, 0.3) is 11.2 Å². The molecule has 0 saturated carbocycles. The standard InChI is InChI=1S/C14H18N4O3Si/c1-22(2,3)5-4-21-9-18-8-11(14(19)20)12-13(18)16-7-10(6-15)17-12/h7-8H,4-5,9H2,1-3H3,(H,19,20). The Morgan fingerprint density at radius 3 is 2.82 bits per heavy atom. The quantitative estimate of drug-likeness (QED) is 0.648. The summed E-state index contributed by atoms with van der Waals surface area (Å²) >= 11 is 0. The number of aromatic nitrogens is 3. The summed E-state index contributed by atoms with van der Waals surface area (Å²) in [4.78, 5) is 19.4. The minimum Gasteiger partial charge on any atom is -0.478 e. The number of carboxylic acids is 1. The number of ether oxygens (including phenoxy) is 1. The highest BCUT2D eigenvalue weighted by Crippen LogP contribution is 2.18. The zero-order valence-electron chi connectivity index (χ0n) is 12.8. The first kappa shape index (κ1) is 16.1. The predicted octanol–water partition coefficient (Wildman–Crippen LogP) is 2.31. The van der Waals surface area contributed by atoms with E-state index in [0.717, 1.165) is 6.04 Å². The van der Waals surface area contributed by atoms with Gasteiger partial charge < -0.3 is 14.4 Å². The molecule has 2 aromatic heterocycles. The number of aromatic carboxylic acids is 1. The molecule has 22 heavy (non-hydrogen) atoms. The minimum atomic E-state index is -1.17. The van der Waals surface area contributed by atoms with Crippen LogP contribution in [-0.2, 0) is 11.5 Å². The van der Waals surface area contributed by atoms with Crippen LogP contribution in [0.5, 0.6) is 0 Å². The van der Waals surface area contributed by atoms with Crippen LogP contribution in [0.1, 0.15) is 16.1 Å². The lowest BCUT2D eigenvalue weighted by Gasteiger charge is -2.15. The topological polar surface area (TPSA) is 101 Å². The molecule has 0 saturated heterocycles. The highest BCUT2D eigenvalue weighted by molar-refractivity contribution is 6.76. The maximum absolute atomic E-state index is 11.3. The van der Waals surface area contributed by atoms with Gasteiger partial charge in [0.05, 0.1) is 6.20 Å². The SMILES string of the molecule is C[Si](C)(C)CCOCn1cc(C(=O)O)c2nc(C#N)cnc21. The fourth-order valence-electron chi connectivity index (χ4n) is 1.90. The zero-order chi connectivity index (χ0) is 16.3. The number of nitriles is 1. The van der Waals surface area contributed by atoms with Crippen LogP contribution >= 0.6 is 0 Å². The molecule has 0 atom stereocenters. The van der Waals surface area contributed by atoms with E-state index in [9.17, 15) is 9.90 Å². The molecule has 0 aliphatic rings. The fourth-order valence-corrected chi connectivity index (χ4v) is 2.66. The van der Waals surface area contributed by atoms with Gasteiger partial charge in [-0.25, -0.2) is 14.8 Å². The van der Waals surface area contributed by atoms with Crippen LogP contribution in [-0.4, -0.2) is 40.3 Å². The van der Waals surface area contributed by atoms with Gasteiger partial charge in [0, 0.05) is 20.9 Å². The Labute approximate surface area is 129 Å². The highest BCUT2D eigenvalue weighted by Gasteiger charge is 2.18. The molecule has 8 heteroatoms. The summed E-state index contributed by atoms with van der Waals surface area (Å²) in [5, 5.41) is 18.1. The van der Waals surface area contributed by atoms with E-state index in [2.05, 4.69) is 29.6 Å². The van der Waals surface area contributed by atoms with Crippen molar-refractivity contribution < 1.29 is 14.6 Å². The number of hydrogen-bond acceptors (Lipinski definition) is 5. The summed E-state index contributed by atoms with van der Waals surface area (Å²) in [6, 6.07) is 2.89. The van der Waals surface area contributed by atoms with Crippen molar-refractivity contribution in [1.29, 1.82) is 5.26 Å². The number of nitrogens with zero attached hydrogens (tertiary/aromatic N) is 4. The van der Waals surface area contributed by atoms with E-state index < -0.39 is 14.0 Å². The van der Waals surface area contributed by atoms with Crippen LogP contribution in [0.2, 0.25) is 25.7 Å². The van der Waals surface area contributed by atoms with Gasteiger partial charge in [-0.1, -0.05) is 19.6 Å². The van der Waals surface area contributed by atoms with Crippen molar-refractivity contribution in [3.8, 4) is 6.07 Å². The molecular formula is C14H18N4O3Si. The molecule has 0 bridgehead atoms. The molecule has 0 radical (unpaired) electrons. The normalized spacial score (nSPS) is 11.5. The van der Waals surface area contributed by atoms with Gasteiger partial charge >= 0.3 is 5.97 Å². The smallest absolute Gasteiger partial charge is 0.339 e. The molecule has 0 aliphatic carbocycles. The third-order valence-electron chi connectivity index (χ3n) is 3.14. The first-order valence-electron chi connectivity index (χ1n) is 6.89. The van der Waals surface area contributed by atoms with E-state index >= 15 is 0 Å². The highest BCUT2D eigenvalue weighted by atomic mass is 28.3. The van der Waals surface area contributed by atoms with Gasteiger partial charge in [0.2, 0.25) is 0 Å². The number of hydrogen-bond donors (Lipinski definition) is 1. The van der Waals surface area contributed by atoms with Crippen LogP contribution in [0.4, 0.5) is 0 Å². The van der Waals surface area contributed by atoms with Gasteiger partial charge in [-0.2, -0.15) is 5.26 Å². The second-order valence-corrected chi connectivity index (χ2v) is 11.8. The molecule has 0 aliphatic heterocycles. The molecule has 0 aromatic carbocycles. The van der Waals surface area contributed by atoms with Crippen LogP contribution in [0.3, 0.4) is 0 Å². The van der Waals surface area contributed by atoms with E-state index in [4.69, 9.17) is 10.00 Å². The Bertz CT molecular complexity index is 743. The maximum atomic E-state index is 11.3. The van der Waals surface area contributed by atoms with Gasteiger partial charge in [-0.15, -0.1) is 0 Å². The Kier molecular flexibility index (Phi) is 4.58. The van der Waals surface area contributed by atoms with Crippen LogP contribution in [0, 0.1) is 11.3 Å². The van der Waals surface area contributed by atoms with E-state index in [1.54, 1.807) is 4.57 Å². The fraction of sp³-hybridized carbons (Fsp3) is 0.429. The van der Waals surface area contributed by atoms with Gasteiger partial charge in [-0.05, 0) is 6.04 Å². The summed E-state index contributed by atoms with van der Waals surface area (Å²) in [7, 11) is -1.17. The third kappa shape index (κ3) is 3.69. The molecule has 0 spiro atoms. The molecule has 1 N–H and O–H groups in total. The first-order valence-corrected chi connectivity index (χ1v) is 10.6. The van der Waals surface area contributed by atoms with Gasteiger partial charge in [0.1, 0.15) is 23.9 Å². The molecular weight excluding hydrogens is 300 g/mol. The first-order chi connectivity index (χ1) is 10.3. The van der Waals surface area contributed by atoms with Crippen molar-refractivity contribution in [3.63, 3.8) is 0 Å². The molecule has 2 aromatic rings. The molecule has 116 valence electrons. The van der Waals surface area contributed by atoms with E-state index in [1.807, 2.05) is 6.07 Å². The zero-order valence-corrected chi connectivity index (χ0v) is 13.8. The summed E-state index contributed by atoms with van der Waals surface area (Å²) in [5.41, 5.74) is 0.727. The average molecular weight is 318 g/mol. The Hall–Kier alpha value is -2.24. The molecule has 2 rings (SSSR count). The number of carbonyl (C=O) groups is 1. The third-order valence-corrected chi connectivity index (χ3v) is 4.84. The lowest BCUT2D eigenvalue weighted by Crippen LogP contribution is -2.22. The monoisotopic (exact) mass is 318 g/mol. The lowest BCUT2D eigenvalue weighted by atomic mass is 10.3. The number of carboxylic acid groups (broad SMARTS) is 1. The van der Waals surface area contributed by atoms with Crippen molar-refractivity contribution in [1.82, 2.24) is 14.5 Å². The molecule has 7 nitrogen and oxygen atoms in total. The Morgan fingerprint density at radius 1 is 1.50 bits per heavy atom. The van der Waals surface area contributed by atoms with Crippen LogP contribution < -0.4 is 0 Å². The summed E-state index contributed by atoms with van der Waals surface area (Å²) < 4.78 is 7.23. The summed E-state index contributed by atoms with van der Waals surface area (Å²) in [5.74, 6) is -1.10. The van der Waals surface area contributed by atoms with Crippen LogP contribution in [0.15, 0.2) is 12.4 Å². The predicted molar refractivity (Wildman–Crippen MR) is 83.3 cm³/mol. The van der Waals surface area contributed by atoms with Crippen molar-refractivity contribution in [2.45, 2.75) is 32.4 Å². The number of fused-ring (bicyclic) bond motifs is 1. The van der Waals surface area contributed by atoms with Crippen molar-refractivity contribution in [3.05, 3.63) is 23.7 Å². The average Bonchev–Trinajstić information content (AvgIpc) is 2.80. The minimum absolute atomic E-state index is 0.0217.